The SMILES string of the molecule is Cc1ccc(C)c(NC(=O)C(C)Sc2nc(C)cc(N)n2)c1. The third kappa shape index (κ3) is 4.21. The number of aryl methyl sites for hydroxylation is 3. The Hall–Kier alpha value is -2.08. The minimum Gasteiger partial charge on any atom is -0.384 e. The minimum absolute atomic E-state index is 0.0811. The largest absolute Gasteiger partial charge is 0.384 e. The van der Waals surface area contributed by atoms with Crippen molar-refractivity contribution in [2.24, 2.45) is 0 Å². The molecule has 1 unspecified atom stereocenters. The molecule has 0 radical (unpaired) electrons. The van der Waals surface area contributed by atoms with Crippen molar-refractivity contribution in [3.8, 4) is 0 Å². The number of anilines is 2. The van der Waals surface area contributed by atoms with E-state index in [2.05, 4.69) is 15.3 Å². The lowest BCUT2D eigenvalue weighted by Crippen LogP contribution is -2.23. The van der Waals surface area contributed by atoms with E-state index < -0.39 is 0 Å². The number of benzene rings is 1. The molecule has 1 atom stereocenters. The van der Waals surface area contributed by atoms with Crippen molar-refractivity contribution in [1.82, 2.24) is 9.97 Å². The fourth-order valence-electron chi connectivity index (χ4n) is 1.93. The van der Waals surface area contributed by atoms with E-state index in [-0.39, 0.29) is 11.2 Å². The molecular weight excluding hydrogens is 296 g/mol. The molecule has 2 rings (SSSR count). The molecule has 5 nitrogen and oxygen atoms in total. The molecule has 1 heterocycles. The van der Waals surface area contributed by atoms with Crippen molar-refractivity contribution in [3.63, 3.8) is 0 Å². The minimum atomic E-state index is -0.318. The van der Waals surface area contributed by atoms with E-state index in [4.69, 9.17) is 5.73 Å². The zero-order valence-corrected chi connectivity index (χ0v) is 14.0. The summed E-state index contributed by atoms with van der Waals surface area (Å²) >= 11 is 1.30. The molecular formula is C16H20N4OS. The van der Waals surface area contributed by atoms with Crippen LogP contribution < -0.4 is 11.1 Å². The predicted molar refractivity (Wildman–Crippen MR) is 91.0 cm³/mol. The molecule has 3 N–H and O–H groups in total. The molecule has 6 heteroatoms. The normalized spacial score (nSPS) is 12.0. The molecule has 0 saturated carbocycles. The molecule has 116 valence electrons. The first-order valence-corrected chi connectivity index (χ1v) is 7.89. The Kier molecular flexibility index (Phi) is 5.03. The van der Waals surface area contributed by atoms with Crippen LogP contribution in [0.4, 0.5) is 11.5 Å². The van der Waals surface area contributed by atoms with Gasteiger partial charge in [-0.2, -0.15) is 0 Å². The maximum Gasteiger partial charge on any atom is 0.237 e. The summed E-state index contributed by atoms with van der Waals surface area (Å²) in [4.78, 5) is 20.8. The van der Waals surface area contributed by atoms with Crippen LogP contribution in [-0.2, 0) is 4.79 Å². The number of thioether (sulfide) groups is 1. The van der Waals surface area contributed by atoms with Gasteiger partial charge in [0.1, 0.15) is 5.82 Å². The van der Waals surface area contributed by atoms with Gasteiger partial charge in [0.15, 0.2) is 5.16 Å². The third-order valence-corrected chi connectivity index (χ3v) is 4.12. The second kappa shape index (κ2) is 6.79. The number of aromatic nitrogens is 2. The topological polar surface area (TPSA) is 80.9 Å². The van der Waals surface area contributed by atoms with Gasteiger partial charge >= 0.3 is 0 Å². The molecule has 1 amide bonds. The predicted octanol–water partition coefficient (Wildman–Crippen LogP) is 3.10. The van der Waals surface area contributed by atoms with Crippen LogP contribution in [0.15, 0.2) is 29.4 Å². The van der Waals surface area contributed by atoms with E-state index in [9.17, 15) is 4.79 Å². The van der Waals surface area contributed by atoms with Crippen LogP contribution in [0.5, 0.6) is 0 Å². The number of nitrogen functional groups attached to an aromatic ring is 1. The van der Waals surface area contributed by atoms with Gasteiger partial charge in [0.2, 0.25) is 5.91 Å². The summed E-state index contributed by atoms with van der Waals surface area (Å²) in [5, 5.41) is 3.15. The van der Waals surface area contributed by atoms with Gasteiger partial charge in [0, 0.05) is 17.4 Å². The van der Waals surface area contributed by atoms with Crippen molar-refractivity contribution in [2.75, 3.05) is 11.1 Å². The number of nitrogens with two attached hydrogens (primary N) is 1. The fourth-order valence-corrected chi connectivity index (χ4v) is 2.77. The highest BCUT2D eigenvalue weighted by molar-refractivity contribution is 8.00. The molecule has 0 bridgehead atoms. The first-order valence-electron chi connectivity index (χ1n) is 7.01. The van der Waals surface area contributed by atoms with E-state index in [0.717, 1.165) is 22.5 Å². The molecule has 0 aliphatic rings. The Balaban J connectivity index is 2.07. The number of nitrogens with one attached hydrogen (secondary N) is 1. The number of carbonyl (C=O) groups excluding carboxylic acids is 1. The smallest absolute Gasteiger partial charge is 0.237 e. The van der Waals surface area contributed by atoms with Crippen molar-refractivity contribution in [2.45, 2.75) is 38.1 Å². The highest BCUT2D eigenvalue weighted by Crippen LogP contribution is 2.23. The second-order valence-electron chi connectivity index (χ2n) is 5.28. The summed E-state index contributed by atoms with van der Waals surface area (Å²) in [6, 6.07) is 7.68. The lowest BCUT2D eigenvalue weighted by atomic mass is 10.1. The molecule has 1 aromatic heterocycles. The standard InChI is InChI=1S/C16H20N4OS/c1-9-5-6-10(2)13(7-9)19-15(21)12(4)22-16-18-11(3)8-14(17)20-16/h5-8,12H,1-4H3,(H,19,21)(H2,17,18,20). The van der Waals surface area contributed by atoms with Gasteiger partial charge < -0.3 is 11.1 Å². The summed E-state index contributed by atoms with van der Waals surface area (Å²) in [5.74, 6) is 0.333. The second-order valence-corrected chi connectivity index (χ2v) is 6.59. The molecule has 0 aliphatic carbocycles. The first kappa shape index (κ1) is 16.3. The Morgan fingerprint density at radius 3 is 2.64 bits per heavy atom. The Morgan fingerprint density at radius 2 is 1.95 bits per heavy atom. The summed E-state index contributed by atoms with van der Waals surface area (Å²) in [6.07, 6.45) is 0. The van der Waals surface area contributed by atoms with E-state index in [1.54, 1.807) is 6.07 Å². The van der Waals surface area contributed by atoms with E-state index in [1.165, 1.54) is 11.8 Å². The van der Waals surface area contributed by atoms with E-state index in [1.807, 2.05) is 45.9 Å². The van der Waals surface area contributed by atoms with E-state index >= 15 is 0 Å². The first-order chi connectivity index (χ1) is 10.3. The molecule has 1 aromatic carbocycles. The Labute approximate surface area is 134 Å². The van der Waals surface area contributed by atoms with Crippen molar-refractivity contribution in [3.05, 3.63) is 41.1 Å². The quantitative estimate of drug-likeness (QED) is 0.669. The van der Waals surface area contributed by atoms with Gasteiger partial charge in [0.25, 0.3) is 0 Å². The van der Waals surface area contributed by atoms with Gasteiger partial charge in [0.05, 0.1) is 5.25 Å². The molecule has 0 aliphatic heterocycles. The Morgan fingerprint density at radius 1 is 1.23 bits per heavy atom. The van der Waals surface area contributed by atoms with Crippen molar-refractivity contribution < 1.29 is 4.79 Å². The maximum atomic E-state index is 12.3. The monoisotopic (exact) mass is 316 g/mol. The van der Waals surface area contributed by atoms with Crippen LogP contribution in [0.2, 0.25) is 0 Å². The average Bonchev–Trinajstić information content (AvgIpc) is 2.41. The maximum absolute atomic E-state index is 12.3. The summed E-state index contributed by atoms with van der Waals surface area (Å²) in [7, 11) is 0. The van der Waals surface area contributed by atoms with Crippen LogP contribution in [-0.4, -0.2) is 21.1 Å². The zero-order chi connectivity index (χ0) is 16.3. The highest BCUT2D eigenvalue weighted by atomic mass is 32.2. The molecule has 22 heavy (non-hydrogen) atoms. The van der Waals surface area contributed by atoms with Gasteiger partial charge in [-0.1, -0.05) is 23.9 Å². The molecule has 2 aromatic rings. The lowest BCUT2D eigenvalue weighted by molar-refractivity contribution is -0.115. The van der Waals surface area contributed by atoms with Crippen LogP contribution >= 0.6 is 11.8 Å². The summed E-state index contributed by atoms with van der Waals surface area (Å²) in [6.45, 7) is 7.64. The summed E-state index contributed by atoms with van der Waals surface area (Å²) in [5.41, 5.74) is 9.47. The summed E-state index contributed by atoms with van der Waals surface area (Å²) < 4.78 is 0. The zero-order valence-electron chi connectivity index (χ0n) is 13.2. The van der Waals surface area contributed by atoms with Gasteiger partial charge in [-0.25, -0.2) is 9.97 Å². The number of nitrogens with zero attached hydrogens (tertiary/aromatic N) is 2. The lowest BCUT2D eigenvalue weighted by Gasteiger charge is -2.13. The number of amides is 1. The molecule has 0 spiro atoms. The number of carbonyl (C=O) groups is 1. The van der Waals surface area contributed by atoms with Crippen molar-refractivity contribution in [1.29, 1.82) is 0 Å². The average molecular weight is 316 g/mol. The number of rotatable bonds is 4. The molecule has 0 saturated heterocycles. The number of hydrogen-bond acceptors (Lipinski definition) is 5. The van der Waals surface area contributed by atoms with Crippen LogP contribution in [0.25, 0.3) is 0 Å². The van der Waals surface area contributed by atoms with Crippen molar-refractivity contribution >= 4 is 29.2 Å². The van der Waals surface area contributed by atoms with Gasteiger partial charge in [-0.15, -0.1) is 0 Å². The van der Waals surface area contributed by atoms with Crippen LogP contribution in [0, 0.1) is 20.8 Å². The van der Waals surface area contributed by atoms with Gasteiger partial charge in [-0.05, 0) is 44.9 Å². The molecule has 0 fully saturated rings. The van der Waals surface area contributed by atoms with E-state index in [0.29, 0.717) is 11.0 Å². The number of hydrogen-bond donors (Lipinski definition) is 2. The van der Waals surface area contributed by atoms with Gasteiger partial charge in [-0.3, -0.25) is 4.79 Å². The fraction of sp³-hybridized carbons (Fsp3) is 0.312. The highest BCUT2D eigenvalue weighted by Gasteiger charge is 2.17. The van der Waals surface area contributed by atoms with Crippen LogP contribution in [0.3, 0.4) is 0 Å². The van der Waals surface area contributed by atoms with Crippen LogP contribution in [0.1, 0.15) is 23.7 Å². The third-order valence-electron chi connectivity index (χ3n) is 3.16. The Bertz CT molecular complexity index is 682.